The first-order chi connectivity index (χ1) is 11.1. The number of benzene rings is 1. The average molecular weight is 322 g/mol. The zero-order chi connectivity index (χ0) is 17.5. The third-order valence-electron chi connectivity index (χ3n) is 4.87. The van der Waals surface area contributed by atoms with Gasteiger partial charge in [-0.2, -0.15) is 0 Å². The van der Waals surface area contributed by atoms with E-state index in [1.54, 1.807) is 12.1 Å². The summed E-state index contributed by atoms with van der Waals surface area (Å²) in [5.41, 5.74) is 1.23. The fourth-order valence-corrected chi connectivity index (χ4v) is 3.83. The standard InChI is InChI=1S/C19H35N3O/c1-7-20(8-2)19(21(9-3)10-4,22(11-5)12-6)17-13-15-18(23)16-14-17/h13-16,23H,7-12H2,1-6H3. The largest absolute Gasteiger partial charge is 0.508 e. The fourth-order valence-electron chi connectivity index (χ4n) is 3.83. The summed E-state index contributed by atoms with van der Waals surface area (Å²) in [6.07, 6.45) is 0. The lowest BCUT2D eigenvalue weighted by Crippen LogP contribution is -2.67. The van der Waals surface area contributed by atoms with Gasteiger partial charge in [0.15, 0.2) is 5.79 Å². The maximum Gasteiger partial charge on any atom is 0.158 e. The molecule has 0 aliphatic heterocycles. The third kappa shape index (κ3) is 3.70. The highest BCUT2D eigenvalue weighted by Crippen LogP contribution is 2.36. The van der Waals surface area contributed by atoms with Crippen LogP contribution in [0.5, 0.6) is 5.75 Å². The van der Waals surface area contributed by atoms with Gasteiger partial charge in [-0.25, -0.2) is 0 Å². The van der Waals surface area contributed by atoms with Gasteiger partial charge in [-0.15, -0.1) is 0 Å². The zero-order valence-electron chi connectivity index (χ0n) is 15.8. The van der Waals surface area contributed by atoms with Crippen LogP contribution in [-0.4, -0.2) is 59.1 Å². The van der Waals surface area contributed by atoms with E-state index in [9.17, 15) is 5.11 Å². The number of nitrogens with zero attached hydrogens (tertiary/aromatic N) is 3. The molecule has 0 saturated heterocycles. The van der Waals surface area contributed by atoms with E-state index in [2.05, 4.69) is 68.4 Å². The van der Waals surface area contributed by atoms with E-state index in [4.69, 9.17) is 0 Å². The van der Waals surface area contributed by atoms with Crippen molar-refractivity contribution in [3.05, 3.63) is 29.8 Å². The minimum absolute atomic E-state index is 0.274. The smallest absolute Gasteiger partial charge is 0.158 e. The molecule has 1 N–H and O–H groups in total. The molecule has 23 heavy (non-hydrogen) atoms. The van der Waals surface area contributed by atoms with Crippen molar-refractivity contribution >= 4 is 0 Å². The van der Waals surface area contributed by atoms with E-state index in [1.807, 2.05) is 0 Å². The molecule has 0 amide bonds. The third-order valence-corrected chi connectivity index (χ3v) is 4.87. The predicted molar refractivity (Wildman–Crippen MR) is 98.5 cm³/mol. The van der Waals surface area contributed by atoms with Crippen LogP contribution in [0, 0.1) is 0 Å². The Hall–Kier alpha value is -1.10. The van der Waals surface area contributed by atoms with Crippen LogP contribution in [0.4, 0.5) is 0 Å². The summed E-state index contributed by atoms with van der Waals surface area (Å²) >= 11 is 0. The van der Waals surface area contributed by atoms with Crippen molar-refractivity contribution in [3.8, 4) is 5.75 Å². The molecule has 0 atom stereocenters. The molecule has 0 radical (unpaired) electrons. The van der Waals surface area contributed by atoms with Crippen LogP contribution in [0.1, 0.15) is 47.1 Å². The van der Waals surface area contributed by atoms with Crippen molar-refractivity contribution in [1.29, 1.82) is 0 Å². The van der Waals surface area contributed by atoms with Crippen LogP contribution in [-0.2, 0) is 5.79 Å². The Kier molecular flexibility index (Phi) is 8.03. The molecule has 132 valence electrons. The van der Waals surface area contributed by atoms with E-state index < -0.39 is 0 Å². The maximum absolute atomic E-state index is 9.74. The molecular formula is C19H35N3O. The minimum Gasteiger partial charge on any atom is -0.508 e. The summed E-state index contributed by atoms with van der Waals surface area (Å²) in [6.45, 7) is 19.2. The van der Waals surface area contributed by atoms with Crippen LogP contribution in [0.3, 0.4) is 0 Å². The van der Waals surface area contributed by atoms with Crippen molar-refractivity contribution in [3.63, 3.8) is 0 Å². The van der Waals surface area contributed by atoms with Gasteiger partial charge in [0.25, 0.3) is 0 Å². The van der Waals surface area contributed by atoms with Crippen molar-refractivity contribution in [2.75, 3.05) is 39.3 Å². The van der Waals surface area contributed by atoms with Gasteiger partial charge in [-0.1, -0.05) is 53.7 Å². The summed E-state index contributed by atoms with van der Waals surface area (Å²) in [6, 6.07) is 7.76. The van der Waals surface area contributed by atoms with E-state index in [1.165, 1.54) is 5.56 Å². The summed E-state index contributed by atoms with van der Waals surface area (Å²) in [7, 11) is 0. The highest BCUT2D eigenvalue weighted by Gasteiger charge is 2.45. The Morgan fingerprint density at radius 3 is 1.22 bits per heavy atom. The van der Waals surface area contributed by atoms with Gasteiger partial charge in [0.1, 0.15) is 5.75 Å². The average Bonchev–Trinajstić information content (AvgIpc) is 2.58. The van der Waals surface area contributed by atoms with E-state index in [0.29, 0.717) is 5.75 Å². The fraction of sp³-hybridized carbons (Fsp3) is 0.684. The molecule has 0 aromatic heterocycles. The van der Waals surface area contributed by atoms with Gasteiger partial charge >= 0.3 is 0 Å². The molecule has 0 unspecified atom stereocenters. The Bertz CT molecular complexity index is 403. The van der Waals surface area contributed by atoms with Gasteiger partial charge in [0, 0.05) is 5.56 Å². The second-order valence-electron chi connectivity index (χ2n) is 5.70. The number of phenolic OH excluding ortho intramolecular Hbond substituents is 1. The predicted octanol–water partition coefficient (Wildman–Crippen LogP) is 3.53. The Labute approximate surface area is 142 Å². The van der Waals surface area contributed by atoms with Gasteiger partial charge < -0.3 is 5.11 Å². The molecular weight excluding hydrogens is 286 g/mol. The molecule has 1 aromatic rings. The van der Waals surface area contributed by atoms with E-state index >= 15 is 0 Å². The maximum atomic E-state index is 9.74. The quantitative estimate of drug-likeness (QED) is 0.668. The zero-order valence-corrected chi connectivity index (χ0v) is 15.8. The molecule has 0 aliphatic carbocycles. The molecule has 0 aliphatic rings. The van der Waals surface area contributed by atoms with Gasteiger partial charge in [0.2, 0.25) is 0 Å². The molecule has 4 nitrogen and oxygen atoms in total. The Morgan fingerprint density at radius 1 is 0.652 bits per heavy atom. The highest BCUT2D eigenvalue weighted by atomic mass is 16.3. The lowest BCUT2D eigenvalue weighted by atomic mass is 10.0. The molecule has 0 fully saturated rings. The first kappa shape index (κ1) is 19.9. The number of phenols is 1. The van der Waals surface area contributed by atoms with Crippen molar-refractivity contribution in [2.45, 2.75) is 47.3 Å². The summed E-state index contributed by atoms with van der Waals surface area (Å²) in [4.78, 5) is 7.58. The molecule has 0 heterocycles. The van der Waals surface area contributed by atoms with Gasteiger partial charge in [0.05, 0.1) is 0 Å². The Balaban J connectivity index is 3.65. The first-order valence-corrected chi connectivity index (χ1v) is 9.11. The highest BCUT2D eigenvalue weighted by molar-refractivity contribution is 5.31. The molecule has 0 saturated carbocycles. The summed E-state index contributed by atoms with van der Waals surface area (Å²) < 4.78 is 0. The molecule has 0 spiro atoms. The summed E-state index contributed by atoms with van der Waals surface area (Å²) in [5.74, 6) is 0.0470. The monoisotopic (exact) mass is 321 g/mol. The van der Waals surface area contributed by atoms with Gasteiger partial charge in [-0.05, 0) is 51.4 Å². The van der Waals surface area contributed by atoms with Crippen LogP contribution in [0.2, 0.25) is 0 Å². The molecule has 1 rings (SSSR count). The first-order valence-electron chi connectivity index (χ1n) is 9.11. The number of hydrogen-bond donors (Lipinski definition) is 1. The minimum atomic E-state index is -0.274. The SMILES string of the molecule is CCN(CC)C(c1ccc(O)cc1)(N(CC)CC)N(CC)CC. The number of rotatable bonds is 10. The van der Waals surface area contributed by atoms with Crippen LogP contribution >= 0.6 is 0 Å². The van der Waals surface area contributed by atoms with Crippen LogP contribution in [0.15, 0.2) is 24.3 Å². The van der Waals surface area contributed by atoms with Crippen molar-refractivity contribution in [2.24, 2.45) is 0 Å². The second kappa shape index (κ2) is 9.26. The number of hydrogen-bond acceptors (Lipinski definition) is 4. The second-order valence-corrected chi connectivity index (χ2v) is 5.70. The lowest BCUT2D eigenvalue weighted by Gasteiger charge is -2.56. The number of aromatic hydroxyl groups is 1. The topological polar surface area (TPSA) is 30.0 Å². The van der Waals surface area contributed by atoms with Gasteiger partial charge in [-0.3, -0.25) is 14.7 Å². The van der Waals surface area contributed by atoms with Crippen LogP contribution in [0.25, 0.3) is 0 Å². The van der Waals surface area contributed by atoms with Crippen molar-refractivity contribution < 1.29 is 5.11 Å². The summed E-state index contributed by atoms with van der Waals surface area (Å²) in [5, 5.41) is 9.74. The lowest BCUT2D eigenvalue weighted by molar-refractivity contribution is -0.171. The van der Waals surface area contributed by atoms with E-state index in [0.717, 1.165) is 39.3 Å². The van der Waals surface area contributed by atoms with Crippen molar-refractivity contribution in [1.82, 2.24) is 14.7 Å². The van der Waals surface area contributed by atoms with Crippen LogP contribution < -0.4 is 0 Å². The normalized spacial score (nSPS) is 12.6. The van der Waals surface area contributed by atoms with E-state index in [-0.39, 0.29) is 5.79 Å². The molecule has 0 bridgehead atoms. The molecule has 4 heteroatoms. The molecule has 1 aromatic carbocycles. The Morgan fingerprint density at radius 2 is 0.957 bits per heavy atom.